The van der Waals surface area contributed by atoms with E-state index in [1.165, 1.54) is 19.2 Å². The molecule has 2 aromatic carbocycles. The van der Waals surface area contributed by atoms with Crippen molar-refractivity contribution in [2.24, 2.45) is 0 Å². The number of benzene rings is 2. The second-order valence-corrected chi connectivity index (χ2v) is 7.78. The Balaban J connectivity index is 1.65. The van der Waals surface area contributed by atoms with Crippen LogP contribution in [-0.2, 0) is 20.9 Å². The molecular formula is C23H21N3O8. The van der Waals surface area contributed by atoms with Crippen LogP contribution in [0.1, 0.15) is 39.1 Å². The van der Waals surface area contributed by atoms with Crippen LogP contribution in [0.5, 0.6) is 5.75 Å². The second kappa shape index (κ2) is 9.40. The molecule has 11 heteroatoms. The zero-order valence-corrected chi connectivity index (χ0v) is 18.3. The van der Waals surface area contributed by atoms with Crippen LogP contribution in [0.3, 0.4) is 0 Å². The molecule has 4 amide bonds. The van der Waals surface area contributed by atoms with Crippen LogP contribution < -0.4 is 4.74 Å². The average Bonchev–Trinajstić information content (AvgIpc) is 3.08. The van der Waals surface area contributed by atoms with E-state index in [4.69, 9.17) is 9.47 Å². The van der Waals surface area contributed by atoms with Crippen molar-refractivity contribution in [2.45, 2.75) is 25.5 Å². The summed E-state index contributed by atoms with van der Waals surface area (Å²) in [4.78, 5) is 64.3. The fourth-order valence-electron chi connectivity index (χ4n) is 4.10. The number of hydrogen-bond donors (Lipinski definition) is 0. The highest BCUT2D eigenvalue weighted by atomic mass is 16.6. The number of carbonyl (C=O) groups excluding carboxylic acids is 4. The van der Waals surface area contributed by atoms with Gasteiger partial charge in [0.05, 0.1) is 23.6 Å². The molecule has 0 bridgehead atoms. The molecule has 0 aromatic heterocycles. The fraction of sp³-hybridized carbons (Fsp3) is 0.304. The van der Waals surface area contributed by atoms with Gasteiger partial charge >= 0.3 is 5.69 Å². The predicted molar refractivity (Wildman–Crippen MR) is 116 cm³/mol. The molecule has 0 saturated carbocycles. The molecule has 0 aliphatic carbocycles. The van der Waals surface area contributed by atoms with Gasteiger partial charge in [-0.3, -0.25) is 39.1 Å². The van der Waals surface area contributed by atoms with Gasteiger partial charge in [0.2, 0.25) is 5.91 Å². The van der Waals surface area contributed by atoms with Gasteiger partial charge in [0.1, 0.15) is 18.2 Å². The number of nitro groups is 1. The summed E-state index contributed by atoms with van der Waals surface area (Å²) >= 11 is 0. The van der Waals surface area contributed by atoms with Crippen LogP contribution in [0.25, 0.3) is 0 Å². The van der Waals surface area contributed by atoms with E-state index in [1.807, 2.05) is 6.07 Å². The lowest BCUT2D eigenvalue weighted by molar-refractivity contribution is -0.386. The highest BCUT2D eigenvalue weighted by Gasteiger charge is 2.50. The molecule has 0 spiro atoms. The van der Waals surface area contributed by atoms with Gasteiger partial charge in [-0.2, -0.15) is 0 Å². The van der Waals surface area contributed by atoms with E-state index in [-0.39, 0.29) is 43.9 Å². The summed E-state index contributed by atoms with van der Waals surface area (Å²) in [6.45, 7) is 0.0926. The molecule has 0 N–H and O–H groups in total. The maximum Gasteiger partial charge on any atom is 0.324 e. The van der Waals surface area contributed by atoms with Crippen molar-refractivity contribution in [2.75, 3.05) is 20.3 Å². The van der Waals surface area contributed by atoms with Gasteiger partial charge < -0.3 is 9.47 Å². The highest BCUT2D eigenvalue weighted by molar-refractivity contribution is 6.25. The predicted octanol–water partition coefficient (Wildman–Crippen LogP) is 1.93. The van der Waals surface area contributed by atoms with Gasteiger partial charge in [-0.15, -0.1) is 0 Å². The van der Waals surface area contributed by atoms with E-state index < -0.39 is 45.8 Å². The van der Waals surface area contributed by atoms with Crippen molar-refractivity contribution < 1.29 is 33.6 Å². The summed E-state index contributed by atoms with van der Waals surface area (Å²) in [5, 5.41) is 11.9. The molecule has 0 radical (unpaired) electrons. The number of piperidine rings is 1. The molecule has 176 valence electrons. The first-order valence-electron chi connectivity index (χ1n) is 10.5. The molecule has 2 heterocycles. The van der Waals surface area contributed by atoms with Crippen LogP contribution in [0.4, 0.5) is 5.69 Å². The van der Waals surface area contributed by atoms with Crippen LogP contribution in [-0.4, -0.2) is 64.7 Å². The third-order valence-electron chi connectivity index (χ3n) is 5.76. The number of methoxy groups -OCH3 is 1. The van der Waals surface area contributed by atoms with E-state index >= 15 is 0 Å². The summed E-state index contributed by atoms with van der Waals surface area (Å²) in [5.41, 5.74) is -0.481. The van der Waals surface area contributed by atoms with E-state index in [1.54, 1.807) is 24.3 Å². The van der Waals surface area contributed by atoms with Gasteiger partial charge in [0, 0.05) is 13.5 Å². The molecule has 1 unspecified atom stereocenters. The molecule has 1 atom stereocenters. The molecule has 34 heavy (non-hydrogen) atoms. The van der Waals surface area contributed by atoms with E-state index in [2.05, 4.69) is 0 Å². The monoisotopic (exact) mass is 467 g/mol. The van der Waals surface area contributed by atoms with Crippen molar-refractivity contribution >= 4 is 29.3 Å². The van der Waals surface area contributed by atoms with Crippen LogP contribution in [0, 0.1) is 10.1 Å². The van der Waals surface area contributed by atoms with Gasteiger partial charge in [0.25, 0.3) is 17.7 Å². The Morgan fingerprint density at radius 2 is 1.79 bits per heavy atom. The third-order valence-corrected chi connectivity index (χ3v) is 5.76. The number of fused-ring (bicyclic) bond motifs is 1. The molecule has 1 fully saturated rings. The maximum absolute atomic E-state index is 13.3. The minimum absolute atomic E-state index is 0.0179. The lowest BCUT2D eigenvalue weighted by atomic mass is 10.0. The first-order chi connectivity index (χ1) is 16.3. The summed E-state index contributed by atoms with van der Waals surface area (Å²) in [6, 6.07) is 10.3. The van der Waals surface area contributed by atoms with Crippen molar-refractivity contribution in [3.8, 4) is 5.75 Å². The van der Waals surface area contributed by atoms with Gasteiger partial charge in [-0.25, -0.2) is 0 Å². The Kier molecular flexibility index (Phi) is 6.37. The number of nitro benzene ring substituents is 1. The first kappa shape index (κ1) is 23.1. The second-order valence-electron chi connectivity index (χ2n) is 7.78. The van der Waals surface area contributed by atoms with Crippen LogP contribution in [0.2, 0.25) is 0 Å². The fourth-order valence-corrected chi connectivity index (χ4v) is 4.10. The number of rotatable bonds is 8. The topological polar surface area (TPSA) is 136 Å². The Hall–Kier alpha value is -4.12. The van der Waals surface area contributed by atoms with Gasteiger partial charge in [-0.1, -0.05) is 30.3 Å². The Morgan fingerprint density at radius 1 is 1.06 bits per heavy atom. The number of ether oxygens (including phenoxy) is 2. The number of likely N-dealkylation sites (tertiary alicyclic amines) is 1. The van der Waals surface area contributed by atoms with E-state index in [0.29, 0.717) is 4.90 Å². The lowest BCUT2D eigenvalue weighted by Crippen LogP contribution is -2.56. The molecular weight excluding hydrogens is 446 g/mol. The van der Waals surface area contributed by atoms with Crippen molar-refractivity contribution in [3.05, 3.63) is 69.3 Å². The quantitative estimate of drug-likeness (QED) is 0.326. The Labute approximate surface area is 194 Å². The average molecular weight is 467 g/mol. The molecule has 1 saturated heterocycles. The lowest BCUT2D eigenvalue weighted by Gasteiger charge is -2.34. The smallest absolute Gasteiger partial charge is 0.324 e. The largest absolute Gasteiger partial charge is 0.482 e. The van der Waals surface area contributed by atoms with E-state index in [9.17, 15) is 29.3 Å². The summed E-state index contributed by atoms with van der Waals surface area (Å²) < 4.78 is 10.5. The van der Waals surface area contributed by atoms with Gasteiger partial charge in [0.15, 0.2) is 5.75 Å². The van der Waals surface area contributed by atoms with E-state index in [0.717, 1.165) is 10.5 Å². The normalized spacial score (nSPS) is 17.9. The number of carbonyl (C=O) groups is 4. The SMILES string of the molecule is COCCN1C(=O)CCC(N2C(=O)c3ccc(OCc4ccccc4)c([N+](=O)[O-])c3C2=O)C1=O. The minimum atomic E-state index is -1.24. The number of hydrogen-bond acceptors (Lipinski definition) is 8. The van der Waals surface area contributed by atoms with Crippen molar-refractivity contribution in [1.29, 1.82) is 0 Å². The van der Waals surface area contributed by atoms with Gasteiger partial charge in [-0.05, 0) is 24.1 Å². The first-order valence-corrected chi connectivity index (χ1v) is 10.5. The molecule has 2 aliphatic heterocycles. The zero-order valence-electron chi connectivity index (χ0n) is 18.3. The van der Waals surface area contributed by atoms with Crippen molar-refractivity contribution in [1.82, 2.24) is 9.80 Å². The maximum atomic E-state index is 13.3. The van der Waals surface area contributed by atoms with Crippen LogP contribution >= 0.6 is 0 Å². The zero-order chi connectivity index (χ0) is 24.4. The highest BCUT2D eigenvalue weighted by Crippen LogP contribution is 2.40. The number of nitrogens with zero attached hydrogens (tertiary/aromatic N) is 3. The summed E-state index contributed by atoms with van der Waals surface area (Å²) in [6.07, 6.45) is -0.112. The Bertz CT molecular complexity index is 1180. The van der Waals surface area contributed by atoms with Crippen LogP contribution in [0.15, 0.2) is 42.5 Å². The van der Waals surface area contributed by atoms with Crippen molar-refractivity contribution in [3.63, 3.8) is 0 Å². The third kappa shape index (κ3) is 4.01. The number of amides is 4. The molecule has 11 nitrogen and oxygen atoms in total. The summed E-state index contributed by atoms with van der Waals surface area (Å²) in [7, 11) is 1.41. The Morgan fingerprint density at radius 3 is 2.47 bits per heavy atom. The number of imide groups is 2. The standard InChI is InChI=1S/C23H21N3O8/c1-33-12-11-24-18(27)10-8-16(22(24)29)25-21(28)15-7-9-17(20(26(31)32)19(15)23(25)30)34-13-14-5-3-2-4-6-14/h2-7,9,16H,8,10-13H2,1H3. The molecule has 2 aliphatic rings. The molecule has 4 rings (SSSR count). The summed E-state index contributed by atoms with van der Waals surface area (Å²) in [5.74, 6) is -3.10. The molecule has 2 aromatic rings. The minimum Gasteiger partial charge on any atom is -0.482 e.